The first kappa shape index (κ1) is 24.6. The minimum Gasteiger partial charge on any atom is -0.397 e. The van der Waals surface area contributed by atoms with Crippen molar-refractivity contribution in [2.45, 2.75) is 17.5 Å². The molecular weight excluding hydrogens is 589 g/mol. The quantitative estimate of drug-likeness (QED) is 0.280. The van der Waals surface area contributed by atoms with Gasteiger partial charge >= 0.3 is 0 Å². The Kier molecular flexibility index (Phi) is 6.03. The Bertz CT molecular complexity index is 1600. The summed E-state index contributed by atoms with van der Waals surface area (Å²) in [5.74, 6) is -0.327. The first-order valence-electron chi connectivity index (χ1n) is 10.5. The van der Waals surface area contributed by atoms with Gasteiger partial charge in [0.1, 0.15) is 0 Å². The maximum Gasteiger partial charge on any atom is 0.279 e. The number of hydrogen-bond acceptors (Lipinski definition) is 5. The average Bonchev–Trinajstić information content (AvgIpc) is 3.34. The molecular formula is C24H18BrCl2N5O3S. The van der Waals surface area contributed by atoms with E-state index in [2.05, 4.69) is 25.6 Å². The molecule has 12 heteroatoms. The maximum atomic E-state index is 14.1. The summed E-state index contributed by atoms with van der Waals surface area (Å²) in [7, 11) is -4.22. The van der Waals surface area contributed by atoms with Crippen LogP contribution in [0.1, 0.15) is 12.5 Å². The number of nitrogens with zero attached hydrogens (tertiary/aromatic N) is 3. The van der Waals surface area contributed by atoms with Crippen LogP contribution < -0.4 is 15.4 Å². The number of rotatable bonds is 5. The molecule has 2 heterocycles. The lowest BCUT2D eigenvalue weighted by Crippen LogP contribution is -2.41. The Morgan fingerprint density at radius 3 is 2.31 bits per heavy atom. The number of nitrogen functional groups attached to an aromatic ring is 1. The summed E-state index contributed by atoms with van der Waals surface area (Å²) >= 11 is 15.8. The molecule has 0 fully saturated rings. The molecule has 184 valence electrons. The molecule has 0 aliphatic carbocycles. The Balaban J connectivity index is 1.74. The first-order chi connectivity index (χ1) is 17.0. The molecule has 0 radical (unpaired) electrons. The molecule has 4 aromatic rings. The molecule has 0 saturated heterocycles. The van der Waals surface area contributed by atoms with E-state index < -0.39 is 21.5 Å². The number of nitrogens with two attached hydrogens (primary N) is 1. The number of aromatic nitrogens is 2. The van der Waals surface area contributed by atoms with Crippen LogP contribution in [0.25, 0.3) is 0 Å². The summed E-state index contributed by atoms with van der Waals surface area (Å²) in [6, 6.07) is 18.2. The number of benzene rings is 3. The van der Waals surface area contributed by atoms with Crippen LogP contribution in [-0.4, -0.2) is 23.9 Å². The smallest absolute Gasteiger partial charge is 0.279 e. The van der Waals surface area contributed by atoms with Gasteiger partial charge in [0.15, 0.2) is 10.6 Å². The Morgan fingerprint density at radius 1 is 1.03 bits per heavy atom. The standard InChI is InChI=1S/C24H18BrCl2N5O3S/c1-24(14-6-8-15(25)9-7-14)22(33)31(18-11-16(26)10-17(27)12-18)23-29-13-21(32(23)24)36(34,35)30-20-5-3-2-4-19(20)28/h2-13,30H,28H2,1H3/t24-/m1/s1. The lowest BCUT2D eigenvalue weighted by atomic mass is 9.91. The third kappa shape index (κ3) is 3.94. The number of carbonyl (C=O) groups is 1. The molecule has 0 spiro atoms. The van der Waals surface area contributed by atoms with Crippen molar-refractivity contribution in [3.05, 3.63) is 93.0 Å². The number of amides is 1. The van der Waals surface area contributed by atoms with Crippen LogP contribution in [0, 0.1) is 0 Å². The number of sulfonamides is 1. The van der Waals surface area contributed by atoms with Crippen molar-refractivity contribution in [3.8, 4) is 0 Å². The van der Waals surface area contributed by atoms with Crippen LogP contribution in [0.5, 0.6) is 0 Å². The van der Waals surface area contributed by atoms with Gasteiger partial charge in [-0.3, -0.25) is 14.1 Å². The highest BCUT2D eigenvalue weighted by Crippen LogP contribution is 2.46. The van der Waals surface area contributed by atoms with Crippen LogP contribution >= 0.6 is 39.1 Å². The Labute approximate surface area is 225 Å². The summed E-state index contributed by atoms with van der Waals surface area (Å²) in [5.41, 5.74) is 5.87. The normalized spacial score (nSPS) is 17.3. The van der Waals surface area contributed by atoms with E-state index in [1.807, 2.05) is 0 Å². The highest BCUT2D eigenvalue weighted by Gasteiger charge is 2.53. The first-order valence-corrected chi connectivity index (χ1v) is 13.6. The monoisotopic (exact) mass is 605 g/mol. The van der Waals surface area contributed by atoms with Crippen LogP contribution in [0.2, 0.25) is 10.0 Å². The fourth-order valence-corrected chi connectivity index (χ4v) is 6.27. The number of anilines is 4. The summed E-state index contributed by atoms with van der Waals surface area (Å²) in [6.45, 7) is 1.64. The molecule has 36 heavy (non-hydrogen) atoms. The van der Waals surface area contributed by atoms with E-state index >= 15 is 0 Å². The van der Waals surface area contributed by atoms with Gasteiger partial charge in [0, 0.05) is 14.5 Å². The van der Waals surface area contributed by atoms with Gasteiger partial charge in [-0.25, -0.2) is 9.88 Å². The summed E-state index contributed by atoms with van der Waals surface area (Å²) in [4.78, 5) is 19.7. The highest BCUT2D eigenvalue weighted by atomic mass is 79.9. The predicted molar refractivity (Wildman–Crippen MR) is 144 cm³/mol. The van der Waals surface area contributed by atoms with Crippen molar-refractivity contribution in [3.63, 3.8) is 0 Å². The molecule has 1 aromatic heterocycles. The molecule has 0 unspecified atom stereocenters. The average molecular weight is 607 g/mol. The van der Waals surface area contributed by atoms with Gasteiger partial charge in [0.2, 0.25) is 5.95 Å². The minimum atomic E-state index is -4.22. The van der Waals surface area contributed by atoms with E-state index in [9.17, 15) is 13.2 Å². The zero-order valence-electron chi connectivity index (χ0n) is 18.6. The third-order valence-corrected chi connectivity index (χ3v) is 8.26. The van der Waals surface area contributed by atoms with Gasteiger partial charge in [-0.1, -0.05) is 63.4 Å². The molecule has 1 atom stereocenters. The summed E-state index contributed by atoms with van der Waals surface area (Å²) in [6.07, 6.45) is 1.21. The third-order valence-electron chi connectivity index (χ3n) is 5.97. The number of fused-ring (bicyclic) bond motifs is 1. The van der Waals surface area contributed by atoms with Crippen molar-refractivity contribution in [1.29, 1.82) is 0 Å². The summed E-state index contributed by atoms with van der Waals surface area (Å²) in [5, 5.41) is 0.416. The Morgan fingerprint density at radius 2 is 1.67 bits per heavy atom. The number of imidazole rings is 1. The molecule has 8 nitrogen and oxygen atoms in total. The zero-order valence-corrected chi connectivity index (χ0v) is 22.5. The summed E-state index contributed by atoms with van der Waals surface area (Å²) < 4.78 is 31.9. The lowest BCUT2D eigenvalue weighted by molar-refractivity contribution is -0.122. The van der Waals surface area contributed by atoms with Crippen molar-refractivity contribution in [2.24, 2.45) is 0 Å². The number of halogens is 3. The van der Waals surface area contributed by atoms with Gasteiger partial charge in [0.05, 0.1) is 23.3 Å². The minimum absolute atomic E-state index is 0.102. The molecule has 1 aliphatic heterocycles. The van der Waals surface area contributed by atoms with Gasteiger partial charge in [0.25, 0.3) is 15.9 Å². The van der Waals surface area contributed by atoms with Gasteiger partial charge in [-0.15, -0.1) is 0 Å². The van der Waals surface area contributed by atoms with Crippen LogP contribution in [0.15, 0.2) is 82.4 Å². The molecule has 5 rings (SSSR count). The zero-order chi connectivity index (χ0) is 25.8. The maximum absolute atomic E-state index is 14.1. The van der Waals surface area contributed by atoms with Gasteiger partial charge < -0.3 is 5.73 Å². The second kappa shape index (κ2) is 8.81. The van der Waals surface area contributed by atoms with Crippen LogP contribution in [0.4, 0.5) is 23.0 Å². The van der Waals surface area contributed by atoms with E-state index in [1.165, 1.54) is 21.7 Å². The number of nitrogens with one attached hydrogen (secondary N) is 1. The molecule has 0 bridgehead atoms. The predicted octanol–water partition coefficient (Wildman–Crippen LogP) is 5.78. The van der Waals surface area contributed by atoms with E-state index in [1.54, 1.807) is 67.6 Å². The van der Waals surface area contributed by atoms with E-state index in [0.717, 1.165) is 4.47 Å². The van der Waals surface area contributed by atoms with Crippen molar-refractivity contribution in [2.75, 3.05) is 15.4 Å². The van der Waals surface area contributed by atoms with Crippen molar-refractivity contribution < 1.29 is 13.2 Å². The fraction of sp³-hybridized carbons (Fsp3) is 0.0833. The van der Waals surface area contributed by atoms with Gasteiger partial charge in [-0.2, -0.15) is 8.42 Å². The van der Waals surface area contributed by atoms with Crippen molar-refractivity contribution >= 4 is 78.1 Å². The molecule has 3 aromatic carbocycles. The van der Waals surface area contributed by atoms with Crippen LogP contribution in [-0.2, 0) is 20.4 Å². The van der Waals surface area contributed by atoms with E-state index in [0.29, 0.717) is 21.3 Å². The SMILES string of the molecule is C[C@@]1(c2ccc(Br)cc2)C(=O)N(c2cc(Cl)cc(Cl)c2)c2ncc(S(=O)(=O)Nc3ccccc3N)n21. The number of carbonyl (C=O) groups excluding carboxylic acids is 1. The topological polar surface area (TPSA) is 110 Å². The fourth-order valence-electron chi connectivity index (χ4n) is 4.21. The number of para-hydroxylation sites is 2. The Hall–Kier alpha value is -3.05. The molecule has 3 N–H and O–H groups in total. The second-order valence-corrected chi connectivity index (χ2v) is 11.7. The molecule has 1 amide bonds. The number of hydrogen-bond donors (Lipinski definition) is 2. The van der Waals surface area contributed by atoms with Crippen molar-refractivity contribution in [1.82, 2.24) is 9.55 Å². The van der Waals surface area contributed by atoms with E-state index in [4.69, 9.17) is 28.9 Å². The highest BCUT2D eigenvalue weighted by molar-refractivity contribution is 9.10. The largest absolute Gasteiger partial charge is 0.397 e. The lowest BCUT2D eigenvalue weighted by Gasteiger charge is -2.27. The second-order valence-electron chi connectivity index (χ2n) is 8.27. The van der Waals surface area contributed by atoms with Crippen LogP contribution in [0.3, 0.4) is 0 Å². The molecule has 0 saturated carbocycles. The van der Waals surface area contributed by atoms with E-state index in [-0.39, 0.29) is 22.3 Å². The molecule has 1 aliphatic rings. The van der Waals surface area contributed by atoms with Gasteiger partial charge in [-0.05, 0) is 55.0 Å².